The zero-order chi connectivity index (χ0) is 34.8. The molecule has 0 aliphatic heterocycles. The molecule has 0 saturated carbocycles. The van der Waals surface area contributed by atoms with E-state index in [0.717, 1.165) is 55.5 Å². The Morgan fingerprint density at radius 2 is 0.608 bits per heavy atom. The second kappa shape index (κ2) is 17.0. The second-order valence-corrected chi connectivity index (χ2v) is 15.9. The Labute approximate surface area is 318 Å². The summed E-state index contributed by atoms with van der Waals surface area (Å²) in [6.07, 6.45) is 0. The van der Waals surface area contributed by atoms with E-state index in [-0.39, 0.29) is 12.1 Å². The van der Waals surface area contributed by atoms with E-state index in [1.165, 1.54) is 10.8 Å². The van der Waals surface area contributed by atoms with Gasteiger partial charge in [0.25, 0.3) is 0 Å². The van der Waals surface area contributed by atoms with Gasteiger partial charge in [0.2, 0.25) is 0 Å². The van der Waals surface area contributed by atoms with Crippen molar-refractivity contribution in [1.29, 1.82) is 0 Å². The zero-order valence-corrected chi connectivity index (χ0v) is 31.8. The third-order valence-electron chi connectivity index (χ3n) is 9.06. The van der Waals surface area contributed by atoms with Gasteiger partial charge in [0, 0.05) is 0 Å². The molecule has 8 aromatic rings. The summed E-state index contributed by atoms with van der Waals surface area (Å²) in [7, 11) is 9.87. The molecule has 0 atom stereocenters. The topological polar surface area (TPSA) is 28.2 Å². The molecule has 0 radical (unpaired) electrons. The predicted octanol–water partition coefficient (Wildman–Crippen LogP) is 14.6. The first-order valence-electron chi connectivity index (χ1n) is 16.9. The van der Waals surface area contributed by atoms with E-state index in [2.05, 4.69) is 194 Å². The number of halogens is 2. The van der Waals surface area contributed by atoms with Crippen LogP contribution in [0.25, 0.3) is 43.3 Å². The van der Waals surface area contributed by atoms with Crippen molar-refractivity contribution < 1.29 is 20.8 Å². The summed E-state index contributed by atoms with van der Waals surface area (Å²) in [5, 5.41) is 15.9. The number of rotatable bonds is 9. The number of hydrogen-bond donors (Lipinski definition) is 0. The minimum atomic E-state index is -0.826. The summed E-state index contributed by atoms with van der Waals surface area (Å²) in [5.74, 6) is 0. The Morgan fingerprint density at radius 1 is 0.333 bits per heavy atom. The van der Waals surface area contributed by atoms with Crippen LogP contribution < -0.4 is 0 Å². The van der Waals surface area contributed by atoms with Crippen molar-refractivity contribution in [2.24, 2.45) is 0 Å². The average molecular weight is 777 g/mol. The zero-order valence-electron chi connectivity index (χ0n) is 27.8. The first kappa shape index (κ1) is 34.8. The van der Waals surface area contributed by atoms with Crippen molar-refractivity contribution in [3.05, 3.63) is 227 Å². The normalized spacial score (nSPS) is 10.8. The van der Waals surface area contributed by atoms with Crippen LogP contribution in [0.2, 0.25) is 0 Å². The van der Waals surface area contributed by atoms with Crippen LogP contribution in [0, 0.1) is 0 Å². The minimum absolute atomic E-state index is 0.177. The monoisotopic (exact) mass is 774 g/mol. The quantitative estimate of drug-likeness (QED) is 0.140. The molecule has 0 N–H and O–H groups in total. The van der Waals surface area contributed by atoms with E-state index in [0.29, 0.717) is 0 Å². The maximum absolute atomic E-state index is 5.63. The van der Waals surface area contributed by atoms with Gasteiger partial charge in [-0.2, -0.15) is 0 Å². The molecule has 0 aliphatic rings. The van der Waals surface area contributed by atoms with E-state index < -0.39 is 20.8 Å². The van der Waals surface area contributed by atoms with Crippen molar-refractivity contribution in [2.45, 2.75) is 12.1 Å². The Morgan fingerprint density at radius 3 is 0.922 bits per heavy atom. The molecule has 2 nitrogen and oxygen atoms in total. The summed E-state index contributed by atoms with van der Waals surface area (Å²) in [6, 6.07) is 68.1. The molecule has 0 fully saturated rings. The molecule has 0 aliphatic carbocycles. The van der Waals surface area contributed by atoms with Crippen molar-refractivity contribution in [3.63, 3.8) is 0 Å². The molecule has 8 aromatic carbocycles. The molecule has 0 unspecified atom stereocenters. The molecule has 51 heavy (non-hydrogen) atoms. The van der Waals surface area contributed by atoms with Crippen molar-refractivity contribution in [3.8, 4) is 11.1 Å². The molecular weight excluding hydrogens is 743 g/mol. The predicted molar refractivity (Wildman–Crippen MR) is 214 cm³/mol. The van der Waals surface area contributed by atoms with Crippen molar-refractivity contribution in [2.75, 3.05) is 0 Å². The molecule has 0 spiro atoms. The van der Waals surface area contributed by atoms with Gasteiger partial charge in [0.05, 0.1) is 0 Å². The van der Waals surface area contributed by atoms with Crippen LogP contribution in [0.5, 0.6) is 0 Å². The second-order valence-electron chi connectivity index (χ2n) is 12.1. The summed E-state index contributed by atoms with van der Waals surface area (Å²) in [6.45, 7) is 0. The van der Waals surface area contributed by atoms with Crippen molar-refractivity contribution in [1.82, 2.24) is 0 Å². The van der Waals surface area contributed by atoms with Crippen LogP contribution in [0.3, 0.4) is 0 Å². The van der Waals surface area contributed by atoms with Gasteiger partial charge in [0.15, 0.2) is 0 Å². The number of nitrogens with zero attached hydrogens (tertiary/aromatic N) is 2. The van der Waals surface area contributed by atoms with Gasteiger partial charge >= 0.3 is 37.9 Å². The maximum Gasteiger partial charge on any atom is -0.0118 e. The molecule has 0 amide bonds. The molecule has 0 saturated heterocycles. The number of hydrogen-bond acceptors (Lipinski definition) is 0. The molecule has 0 aromatic heterocycles. The van der Waals surface area contributed by atoms with Gasteiger partial charge < -0.3 is 10.6 Å². The van der Waals surface area contributed by atoms with Crippen LogP contribution in [0.15, 0.2) is 194 Å². The van der Waals surface area contributed by atoms with E-state index in [9.17, 15) is 0 Å². The van der Waals surface area contributed by atoms with Gasteiger partial charge in [0.1, 0.15) is 0 Å². The Bertz CT molecular complexity index is 2070. The van der Waals surface area contributed by atoms with Gasteiger partial charge in [-0.3, -0.25) is 0 Å². The van der Waals surface area contributed by atoms with E-state index in [1.807, 2.05) is 0 Å². The molecule has 246 valence electrons. The first-order chi connectivity index (χ1) is 25.2. The summed E-state index contributed by atoms with van der Waals surface area (Å²) in [5.41, 5.74) is 8.68. The molecular formula is C46H34Cl2N2Zr. The molecule has 0 bridgehead atoms. The Hall–Kier alpha value is -4.66. The van der Waals surface area contributed by atoms with Crippen LogP contribution in [0.1, 0.15) is 34.3 Å². The maximum atomic E-state index is 5.63. The third-order valence-corrected chi connectivity index (χ3v) is 9.06. The Balaban J connectivity index is 0.00000131. The molecule has 8 rings (SSSR count). The SMILES string of the molecule is [Cl][Zr+2][Cl].c1ccc(C([N-]c2ccc3ccccc3c2-c2c([N-]C(c3ccccc3)c3ccccc3)ccc3ccccc23)c2ccccc2)cc1. The fourth-order valence-corrected chi connectivity index (χ4v) is 6.76. The summed E-state index contributed by atoms with van der Waals surface area (Å²) in [4.78, 5) is 0. The van der Waals surface area contributed by atoms with Crippen molar-refractivity contribution >= 4 is 49.9 Å². The van der Waals surface area contributed by atoms with Crippen LogP contribution in [-0.4, -0.2) is 0 Å². The van der Waals surface area contributed by atoms with Gasteiger partial charge in [-0.25, -0.2) is 0 Å². The molecule has 5 heteroatoms. The Kier molecular flexibility index (Phi) is 11.6. The van der Waals surface area contributed by atoms with Crippen LogP contribution in [-0.2, 0) is 20.8 Å². The standard InChI is InChI=1S/C46H34N2.2ClH.Zr/c1-5-19-35(20-6-1)45(36-21-7-2-8-22-36)47-41-31-29-33-17-13-15-27-39(33)43(41)44-40-28-16-14-18-34(40)30-32-42(44)48-46(37-23-9-3-10-24-37)38-25-11-4-12-26-38;;;/h1-32,45-46H;2*1H;/q-2;;;+4/p-2. The summed E-state index contributed by atoms with van der Waals surface area (Å²) < 4.78 is 0. The number of fused-ring (bicyclic) bond motifs is 2. The van der Waals surface area contributed by atoms with E-state index in [4.69, 9.17) is 27.7 Å². The van der Waals surface area contributed by atoms with Crippen LogP contribution >= 0.6 is 17.0 Å². The van der Waals surface area contributed by atoms with E-state index in [1.54, 1.807) is 0 Å². The smallest absolute Gasteiger partial charge is 0.0118 e. The minimum Gasteiger partial charge on any atom is -0.674 e. The third kappa shape index (κ3) is 7.98. The van der Waals surface area contributed by atoms with E-state index >= 15 is 0 Å². The fourth-order valence-electron chi connectivity index (χ4n) is 6.76. The average Bonchev–Trinajstić information content (AvgIpc) is 3.20. The largest absolute Gasteiger partial charge is 0.674 e. The van der Waals surface area contributed by atoms with Gasteiger partial charge in [-0.05, 0) is 32.7 Å². The summed E-state index contributed by atoms with van der Waals surface area (Å²) >= 11 is -0.826. The molecule has 0 heterocycles. The van der Waals surface area contributed by atoms with Gasteiger partial charge in [-0.1, -0.05) is 228 Å². The first-order valence-corrected chi connectivity index (χ1v) is 23.2. The number of benzene rings is 8. The fraction of sp³-hybridized carbons (Fsp3) is 0.0435. The van der Waals surface area contributed by atoms with Crippen LogP contribution in [0.4, 0.5) is 11.4 Å². The van der Waals surface area contributed by atoms with Gasteiger partial charge in [-0.15, -0.1) is 11.4 Å².